The van der Waals surface area contributed by atoms with E-state index in [9.17, 15) is 0 Å². The number of hydrogen-bond donors (Lipinski definition) is 1. The van der Waals surface area contributed by atoms with Gasteiger partial charge in [-0.05, 0) is 27.8 Å². The maximum Gasteiger partial charge on any atom is 0.0441 e. The zero-order valence-electron chi connectivity index (χ0n) is 12.9. The lowest BCUT2D eigenvalue weighted by Crippen LogP contribution is -2.17. The van der Waals surface area contributed by atoms with Crippen LogP contribution < -0.4 is 5.73 Å². The van der Waals surface area contributed by atoms with Crippen LogP contribution in [0.3, 0.4) is 0 Å². The van der Waals surface area contributed by atoms with E-state index < -0.39 is 0 Å². The van der Waals surface area contributed by atoms with E-state index >= 15 is 0 Å². The van der Waals surface area contributed by atoms with E-state index in [-0.39, 0.29) is 5.41 Å². The molecule has 22 heavy (non-hydrogen) atoms. The van der Waals surface area contributed by atoms with Crippen molar-refractivity contribution in [3.63, 3.8) is 0 Å². The summed E-state index contributed by atoms with van der Waals surface area (Å²) in [5.74, 6) is 0. The summed E-state index contributed by atoms with van der Waals surface area (Å²) in [7, 11) is 0. The SMILES string of the molecule is CC1(C)c2ccccc2-c2ccc(-c3ccccc3)c(N)c21. The van der Waals surface area contributed by atoms with E-state index in [1.165, 1.54) is 27.8 Å². The first-order valence-corrected chi connectivity index (χ1v) is 7.69. The fraction of sp³-hybridized carbons (Fsp3) is 0.143. The third-order valence-electron chi connectivity index (χ3n) is 4.85. The average molecular weight is 285 g/mol. The molecule has 0 radical (unpaired) electrons. The van der Waals surface area contributed by atoms with E-state index in [1.54, 1.807) is 0 Å². The van der Waals surface area contributed by atoms with Gasteiger partial charge in [0.05, 0.1) is 0 Å². The molecule has 0 amide bonds. The predicted molar refractivity (Wildman–Crippen MR) is 93.9 cm³/mol. The molecule has 2 N–H and O–H groups in total. The fourth-order valence-corrected chi connectivity index (χ4v) is 3.78. The summed E-state index contributed by atoms with van der Waals surface area (Å²) < 4.78 is 0. The molecule has 0 fully saturated rings. The quantitative estimate of drug-likeness (QED) is 0.608. The van der Waals surface area contributed by atoms with Gasteiger partial charge in [0, 0.05) is 16.7 Å². The summed E-state index contributed by atoms with van der Waals surface area (Å²) in [5, 5.41) is 0. The molecule has 0 heterocycles. The number of nitrogen functional groups attached to an aromatic ring is 1. The van der Waals surface area contributed by atoms with Crippen LogP contribution in [0.25, 0.3) is 22.3 Å². The molecule has 108 valence electrons. The Kier molecular flexibility index (Phi) is 2.67. The summed E-state index contributed by atoms with van der Waals surface area (Å²) in [5.41, 5.74) is 15.0. The molecule has 1 heteroatoms. The van der Waals surface area contributed by atoms with Crippen molar-refractivity contribution in [2.75, 3.05) is 5.73 Å². The van der Waals surface area contributed by atoms with Gasteiger partial charge in [-0.25, -0.2) is 0 Å². The molecule has 0 spiro atoms. The number of fused-ring (bicyclic) bond motifs is 3. The first kappa shape index (κ1) is 13.1. The molecule has 0 atom stereocenters. The van der Waals surface area contributed by atoms with Gasteiger partial charge in [-0.15, -0.1) is 0 Å². The van der Waals surface area contributed by atoms with Crippen LogP contribution in [0, 0.1) is 0 Å². The zero-order valence-corrected chi connectivity index (χ0v) is 12.9. The van der Waals surface area contributed by atoms with Crippen molar-refractivity contribution in [3.8, 4) is 22.3 Å². The van der Waals surface area contributed by atoms with Crippen LogP contribution in [0.5, 0.6) is 0 Å². The number of nitrogens with two attached hydrogens (primary N) is 1. The Hall–Kier alpha value is -2.54. The second-order valence-electron chi connectivity index (χ2n) is 6.49. The molecule has 0 aromatic heterocycles. The van der Waals surface area contributed by atoms with E-state index in [0.29, 0.717) is 0 Å². The Balaban J connectivity index is 2.01. The molecular weight excluding hydrogens is 266 g/mol. The smallest absolute Gasteiger partial charge is 0.0441 e. The highest BCUT2D eigenvalue weighted by Crippen LogP contribution is 2.52. The van der Waals surface area contributed by atoms with Gasteiger partial charge in [0.25, 0.3) is 0 Å². The van der Waals surface area contributed by atoms with Crippen LogP contribution in [0.1, 0.15) is 25.0 Å². The highest BCUT2D eigenvalue weighted by molar-refractivity contribution is 5.91. The van der Waals surface area contributed by atoms with Crippen LogP contribution in [0.2, 0.25) is 0 Å². The normalized spacial score (nSPS) is 14.5. The molecular formula is C21H19N. The summed E-state index contributed by atoms with van der Waals surface area (Å²) in [4.78, 5) is 0. The lowest BCUT2D eigenvalue weighted by Gasteiger charge is -2.24. The highest BCUT2D eigenvalue weighted by Gasteiger charge is 2.37. The third-order valence-corrected chi connectivity index (χ3v) is 4.85. The Morgan fingerprint density at radius 3 is 2.09 bits per heavy atom. The van der Waals surface area contributed by atoms with Crippen molar-refractivity contribution in [3.05, 3.63) is 77.9 Å². The van der Waals surface area contributed by atoms with Crippen LogP contribution in [-0.2, 0) is 5.41 Å². The van der Waals surface area contributed by atoms with Crippen LogP contribution in [0.15, 0.2) is 66.7 Å². The molecule has 3 aromatic carbocycles. The van der Waals surface area contributed by atoms with Crippen LogP contribution in [-0.4, -0.2) is 0 Å². The largest absolute Gasteiger partial charge is 0.398 e. The monoisotopic (exact) mass is 285 g/mol. The molecule has 0 unspecified atom stereocenters. The molecule has 1 aliphatic rings. The van der Waals surface area contributed by atoms with Gasteiger partial charge in [-0.3, -0.25) is 0 Å². The summed E-state index contributed by atoms with van der Waals surface area (Å²) in [6, 6.07) is 23.4. The molecule has 3 aromatic rings. The molecule has 0 saturated carbocycles. The molecule has 1 aliphatic carbocycles. The lowest BCUT2D eigenvalue weighted by atomic mass is 9.80. The van der Waals surface area contributed by atoms with Gasteiger partial charge in [-0.2, -0.15) is 0 Å². The predicted octanol–water partition coefficient (Wildman–Crippen LogP) is 5.24. The van der Waals surface area contributed by atoms with Crippen molar-refractivity contribution in [1.82, 2.24) is 0 Å². The van der Waals surface area contributed by atoms with Gasteiger partial charge in [0.2, 0.25) is 0 Å². The lowest BCUT2D eigenvalue weighted by molar-refractivity contribution is 0.663. The van der Waals surface area contributed by atoms with Gasteiger partial charge in [0.15, 0.2) is 0 Å². The average Bonchev–Trinajstić information content (AvgIpc) is 2.78. The Morgan fingerprint density at radius 1 is 0.682 bits per heavy atom. The van der Waals surface area contributed by atoms with Crippen molar-refractivity contribution in [2.24, 2.45) is 0 Å². The van der Waals surface area contributed by atoms with Crippen LogP contribution >= 0.6 is 0 Å². The van der Waals surface area contributed by atoms with Gasteiger partial charge >= 0.3 is 0 Å². The Morgan fingerprint density at radius 2 is 1.32 bits per heavy atom. The van der Waals surface area contributed by atoms with Gasteiger partial charge < -0.3 is 5.73 Å². The fourth-order valence-electron chi connectivity index (χ4n) is 3.78. The maximum absolute atomic E-state index is 6.62. The van der Waals surface area contributed by atoms with E-state index in [0.717, 1.165) is 11.3 Å². The molecule has 4 rings (SSSR count). The second kappa shape index (κ2) is 4.48. The van der Waals surface area contributed by atoms with Gasteiger partial charge in [-0.1, -0.05) is 80.6 Å². The summed E-state index contributed by atoms with van der Waals surface area (Å²) in [6.45, 7) is 4.53. The van der Waals surface area contributed by atoms with E-state index in [4.69, 9.17) is 5.73 Å². The third kappa shape index (κ3) is 1.66. The van der Waals surface area contributed by atoms with E-state index in [1.807, 2.05) is 6.07 Å². The number of benzene rings is 3. The number of hydrogen-bond acceptors (Lipinski definition) is 1. The zero-order chi connectivity index (χ0) is 15.3. The maximum atomic E-state index is 6.62. The van der Waals surface area contributed by atoms with Crippen LogP contribution in [0.4, 0.5) is 5.69 Å². The minimum absolute atomic E-state index is 0.0548. The highest BCUT2D eigenvalue weighted by atomic mass is 14.6. The summed E-state index contributed by atoms with van der Waals surface area (Å²) in [6.07, 6.45) is 0. The first-order chi connectivity index (χ1) is 10.6. The molecule has 0 aliphatic heterocycles. The molecule has 0 saturated heterocycles. The Bertz CT molecular complexity index is 860. The standard InChI is InChI=1S/C21H19N/c1-21(2)18-11-7-6-10-16(18)17-13-12-15(20(22)19(17)21)14-8-4-3-5-9-14/h3-13H,22H2,1-2H3. The minimum Gasteiger partial charge on any atom is -0.398 e. The minimum atomic E-state index is -0.0548. The van der Waals surface area contributed by atoms with E-state index in [2.05, 4.69) is 74.5 Å². The van der Waals surface area contributed by atoms with Gasteiger partial charge in [0.1, 0.15) is 0 Å². The van der Waals surface area contributed by atoms with Crippen molar-refractivity contribution in [2.45, 2.75) is 19.3 Å². The van der Waals surface area contributed by atoms with Crippen molar-refractivity contribution >= 4 is 5.69 Å². The topological polar surface area (TPSA) is 26.0 Å². The van der Waals surface area contributed by atoms with Crippen molar-refractivity contribution in [1.29, 1.82) is 0 Å². The van der Waals surface area contributed by atoms with Crippen molar-refractivity contribution < 1.29 is 0 Å². The first-order valence-electron chi connectivity index (χ1n) is 7.69. The summed E-state index contributed by atoms with van der Waals surface area (Å²) >= 11 is 0. The molecule has 1 nitrogen and oxygen atoms in total. The Labute approximate surface area is 131 Å². The number of rotatable bonds is 1. The second-order valence-corrected chi connectivity index (χ2v) is 6.49. The number of anilines is 1. The molecule has 0 bridgehead atoms.